The molecule has 0 radical (unpaired) electrons. The van der Waals surface area contributed by atoms with Gasteiger partial charge in [-0.2, -0.15) is 0 Å². The van der Waals surface area contributed by atoms with Crippen LogP contribution in [0.5, 0.6) is 5.75 Å². The number of rotatable bonds is 8. The summed E-state index contributed by atoms with van der Waals surface area (Å²) in [5.74, 6) is 0.0592. The van der Waals surface area contributed by atoms with Crippen LogP contribution in [0.1, 0.15) is 15.9 Å². The highest BCUT2D eigenvalue weighted by Gasteiger charge is 2.19. The summed E-state index contributed by atoms with van der Waals surface area (Å²) in [5.41, 5.74) is 0.949. The number of nitro benzene ring substituents is 1. The molecule has 0 aliphatic heterocycles. The zero-order valence-electron chi connectivity index (χ0n) is 16.4. The third-order valence-electron chi connectivity index (χ3n) is 4.07. The minimum Gasteiger partial charge on any atom is -0.497 e. The summed E-state index contributed by atoms with van der Waals surface area (Å²) >= 11 is 2.28. The maximum atomic E-state index is 12.5. The quantitative estimate of drug-likeness (QED) is 0.225. The first-order valence-corrected chi connectivity index (χ1v) is 10.6. The van der Waals surface area contributed by atoms with E-state index in [0.717, 1.165) is 11.3 Å². The first kappa shape index (κ1) is 22.2. The first-order chi connectivity index (χ1) is 14.9. The number of anilines is 2. The van der Waals surface area contributed by atoms with Crippen molar-refractivity contribution >= 4 is 51.4 Å². The lowest BCUT2D eigenvalue weighted by atomic mass is 10.1. The Labute approximate surface area is 185 Å². The fraction of sp³-hybridized carbons (Fsp3) is 0.158. The lowest BCUT2D eigenvalue weighted by Crippen LogP contribution is -2.14. The van der Waals surface area contributed by atoms with Crippen LogP contribution < -0.4 is 15.4 Å². The van der Waals surface area contributed by atoms with Gasteiger partial charge >= 0.3 is 0 Å². The maximum Gasteiger partial charge on any atom is 0.273 e. The molecule has 2 amide bonds. The van der Waals surface area contributed by atoms with E-state index in [0.29, 0.717) is 15.8 Å². The minimum absolute atomic E-state index is 0.110. The van der Waals surface area contributed by atoms with Crippen molar-refractivity contribution in [2.24, 2.45) is 0 Å². The Kier molecular flexibility index (Phi) is 7.15. The van der Waals surface area contributed by atoms with Gasteiger partial charge in [-0.25, -0.2) is 0 Å². The standard InChI is InChI=1S/C19H17N5O5S2/c1-11-14(4-3-5-15(11)24(27)28)17(26)21-18-22-23-19(31-18)30-10-16(25)20-12-6-8-13(29-2)9-7-12/h3-9H,10H2,1-2H3,(H,20,25)(H,21,22,26). The number of thioether (sulfide) groups is 1. The Hall–Kier alpha value is -3.51. The molecule has 1 heterocycles. The molecule has 0 saturated carbocycles. The van der Waals surface area contributed by atoms with Crippen molar-refractivity contribution in [1.82, 2.24) is 10.2 Å². The molecule has 0 unspecified atom stereocenters. The molecule has 0 atom stereocenters. The van der Waals surface area contributed by atoms with Crippen LogP contribution in [0.25, 0.3) is 0 Å². The van der Waals surface area contributed by atoms with Gasteiger partial charge in [-0.15, -0.1) is 10.2 Å². The van der Waals surface area contributed by atoms with E-state index in [1.807, 2.05) is 0 Å². The Morgan fingerprint density at radius 2 is 1.90 bits per heavy atom. The monoisotopic (exact) mass is 459 g/mol. The molecule has 12 heteroatoms. The summed E-state index contributed by atoms with van der Waals surface area (Å²) in [6.07, 6.45) is 0. The summed E-state index contributed by atoms with van der Waals surface area (Å²) in [6, 6.07) is 11.2. The van der Waals surface area contributed by atoms with Gasteiger partial charge in [0.1, 0.15) is 5.75 Å². The van der Waals surface area contributed by atoms with Crippen molar-refractivity contribution in [3.8, 4) is 5.75 Å². The fourth-order valence-corrected chi connectivity index (χ4v) is 4.10. The third kappa shape index (κ3) is 5.77. The van der Waals surface area contributed by atoms with Crippen molar-refractivity contribution in [1.29, 1.82) is 0 Å². The highest BCUT2D eigenvalue weighted by Crippen LogP contribution is 2.27. The van der Waals surface area contributed by atoms with E-state index in [1.54, 1.807) is 31.4 Å². The van der Waals surface area contributed by atoms with Crippen LogP contribution >= 0.6 is 23.1 Å². The number of carbonyl (C=O) groups excluding carboxylic acids is 2. The highest BCUT2D eigenvalue weighted by molar-refractivity contribution is 8.01. The van der Waals surface area contributed by atoms with Gasteiger partial charge in [0.05, 0.1) is 17.8 Å². The second-order valence-electron chi connectivity index (χ2n) is 6.10. The second-order valence-corrected chi connectivity index (χ2v) is 8.30. The molecule has 3 rings (SSSR count). The molecule has 0 aliphatic rings. The zero-order chi connectivity index (χ0) is 22.4. The van der Waals surface area contributed by atoms with Crippen LogP contribution in [0.2, 0.25) is 0 Å². The topological polar surface area (TPSA) is 136 Å². The van der Waals surface area contributed by atoms with Gasteiger partial charge in [0, 0.05) is 22.9 Å². The lowest BCUT2D eigenvalue weighted by Gasteiger charge is -2.05. The Bertz CT molecular complexity index is 1120. The summed E-state index contributed by atoms with van der Waals surface area (Å²) in [4.78, 5) is 35.1. The Morgan fingerprint density at radius 3 is 2.58 bits per heavy atom. The van der Waals surface area contributed by atoms with Crippen molar-refractivity contribution in [2.75, 3.05) is 23.5 Å². The molecule has 1 aromatic heterocycles. The number of nitrogens with one attached hydrogen (secondary N) is 2. The number of benzene rings is 2. The van der Waals surface area contributed by atoms with Crippen molar-refractivity contribution in [2.45, 2.75) is 11.3 Å². The normalized spacial score (nSPS) is 10.4. The molecule has 0 fully saturated rings. The van der Waals surface area contributed by atoms with E-state index in [-0.39, 0.29) is 33.6 Å². The predicted molar refractivity (Wildman–Crippen MR) is 118 cm³/mol. The summed E-state index contributed by atoms with van der Waals surface area (Å²) in [5, 5.41) is 24.4. The van der Waals surface area contributed by atoms with Gasteiger partial charge in [0.25, 0.3) is 11.6 Å². The highest BCUT2D eigenvalue weighted by atomic mass is 32.2. The average molecular weight is 460 g/mol. The second kappa shape index (κ2) is 10.00. The van der Waals surface area contributed by atoms with E-state index in [9.17, 15) is 19.7 Å². The van der Waals surface area contributed by atoms with Crippen molar-refractivity contribution < 1.29 is 19.2 Å². The molecule has 0 bridgehead atoms. The summed E-state index contributed by atoms with van der Waals surface area (Å²) in [7, 11) is 1.56. The van der Waals surface area contributed by atoms with Gasteiger partial charge in [-0.3, -0.25) is 25.0 Å². The van der Waals surface area contributed by atoms with Gasteiger partial charge in [0.2, 0.25) is 11.0 Å². The third-order valence-corrected chi connectivity index (χ3v) is 6.05. The van der Waals surface area contributed by atoms with E-state index >= 15 is 0 Å². The van der Waals surface area contributed by atoms with Crippen LogP contribution in [-0.4, -0.2) is 39.8 Å². The first-order valence-electron chi connectivity index (χ1n) is 8.83. The minimum atomic E-state index is -0.539. The zero-order valence-corrected chi connectivity index (χ0v) is 18.1. The van der Waals surface area contributed by atoms with Gasteiger partial charge in [-0.05, 0) is 37.3 Å². The number of amides is 2. The van der Waals surface area contributed by atoms with Crippen LogP contribution in [-0.2, 0) is 4.79 Å². The number of nitro groups is 1. The van der Waals surface area contributed by atoms with Gasteiger partial charge in [0.15, 0.2) is 4.34 Å². The smallest absolute Gasteiger partial charge is 0.273 e. The molecule has 0 spiro atoms. The molecule has 160 valence electrons. The molecular weight excluding hydrogens is 442 g/mol. The summed E-state index contributed by atoms with van der Waals surface area (Å²) < 4.78 is 5.57. The van der Waals surface area contributed by atoms with E-state index < -0.39 is 10.8 Å². The molecule has 2 aromatic carbocycles. The summed E-state index contributed by atoms with van der Waals surface area (Å²) in [6.45, 7) is 1.51. The number of carbonyl (C=O) groups is 2. The van der Waals surface area contributed by atoms with Crippen LogP contribution in [0, 0.1) is 17.0 Å². The van der Waals surface area contributed by atoms with E-state index in [2.05, 4.69) is 20.8 Å². The van der Waals surface area contributed by atoms with Crippen molar-refractivity contribution in [3.05, 3.63) is 63.7 Å². The number of methoxy groups -OCH3 is 1. The van der Waals surface area contributed by atoms with E-state index in [4.69, 9.17) is 4.74 Å². The number of ether oxygens (including phenoxy) is 1. The Balaban J connectivity index is 1.55. The molecule has 31 heavy (non-hydrogen) atoms. The molecule has 3 aromatic rings. The molecule has 2 N–H and O–H groups in total. The molecule has 10 nitrogen and oxygen atoms in total. The van der Waals surface area contributed by atoms with Gasteiger partial charge < -0.3 is 10.1 Å². The SMILES string of the molecule is COc1ccc(NC(=O)CSc2nnc(NC(=O)c3cccc([N+](=O)[O-])c3C)s2)cc1. The molecule has 0 aliphatic carbocycles. The number of nitrogens with zero attached hydrogens (tertiary/aromatic N) is 3. The fourth-order valence-electron chi connectivity index (χ4n) is 2.55. The number of hydrogen-bond acceptors (Lipinski definition) is 9. The van der Waals surface area contributed by atoms with E-state index in [1.165, 1.54) is 36.9 Å². The lowest BCUT2D eigenvalue weighted by molar-refractivity contribution is -0.385. The molecular formula is C19H17N5O5S2. The number of aromatic nitrogens is 2. The predicted octanol–water partition coefficient (Wildman–Crippen LogP) is 3.75. The van der Waals surface area contributed by atoms with Gasteiger partial charge in [-0.1, -0.05) is 29.2 Å². The van der Waals surface area contributed by atoms with Crippen LogP contribution in [0.4, 0.5) is 16.5 Å². The Morgan fingerprint density at radius 1 is 1.16 bits per heavy atom. The molecule has 0 saturated heterocycles. The van der Waals surface area contributed by atoms with Crippen molar-refractivity contribution in [3.63, 3.8) is 0 Å². The van der Waals surface area contributed by atoms with Crippen LogP contribution in [0.3, 0.4) is 0 Å². The van der Waals surface area contributed by atoms with Crippen LogP contribution in [0.15, 0.2) is 46.8 Å². The largest absolute Gasteiger partial charge is 0.497 e. The average Bonchev–Trinajstić information content (AvgIpc) is 3.20. The maximum absolute atomic E-state index is 12.5. The number of hydrogen-bond donors (Lipinski definition) is 2.